The molecule has 1 aromatic carbocycles. The van der Waals surface area contributed by atoms with E-state index in [0.717, 1.165) is 0 Å². The van der Waals surface area contributed by atoms with Gasteiger partial charge in [-0.25, -0.2) is 0 Å². The van der Waals surface area contributed by atoms with Gasteiger partial charge >= 0.3 is 18.6 Å². The first kappa shape index (κ1) is 16.3. The number of aryl methyl sites for hydroxylation is 1. The normalized spacial score (nSPS) is 10.1. The van der Waals surface area contributed by atoms with E-state index in [2.05, 4.69) is 20.9 Å². The molecule has 1 rings (SSSR count). The van der Waals surface area contributed by atoms with E-state index in [4.69, 9.17) is 5.39 Å². The highest BCUT2D eigenvalue weighted by molar-refractivity contribution is 9.10. The summed E-state index contributed by atoms with van der Waals surface area (Å²) in [4.78, 5) is 12.8. The van der Waals surface area contributed by atoms with Crippen molar-refractivity contribution in [3.63, 3.8) is 0 Å². The molecule has 5 nitrogen and oxygen atoms in total. The van der Waals surface area contributed by atoms with Gasteiger partial charge in [-0.15, -0.1) is 0 Å². The van der Waals surface area contributed by atoms with Gasteiger partial charge in [-0.05, 0) is 13.0 Å². The van der Waals surface area contributed by atoms with Crippen molar-refractivity contribution in [3.05, 3.63) is 37.3 Å². The van der Waals surface area contributed by atoms with E-state index in [-0.39, 0.29) is 11.4 Å². The summed E-state index contributed by atoms with van der Waals surface area (Å²) >= 11 is 3.12. The Morgan fingerprint density at radius 1 is 1.39 bits per heavy atom. The molecule has 0 aliphatic carbocycles. The molecule has 0 aliphatic rings. The Morgan fingerprint density at radius 3 is 2.17 bits per heavy atom. The zero-order chi connectivity index (χ0) is 14.5. The third-order valence-electron chi connectivity index (χ3n) is 1.54. The fourth-order valence-electron chi connectivity index (χ4n) is 0.987. The lowest BCUT2D eigenvalue weighted by atomic mass is 10.2. The van der Waals surface area contributed by atoms with Gasteiger partial charge in [0.15, 0.2) is 4.98 Å². The SMILES string of the molecule is Cc1cc(Br)cc([N+](=O)[O-])c1[N+]#N.F[B-](F)(F)F. The van der Waals surface area contributed by atoms with Crippen LogP contribution >= 0.6 is 15.9 Å². The molecule has 18 heavy (non-hydrogen) atoms. The largest absolute Gasteiger partial charge is 0.673 e. The number of halogens is 5. The molecule has 0 aromatic heterocycles. The quantitative estimate of drug-likeness (QED) is 0.251. The highest BCUT2D eigenvalue weighted by atomic mass is 79.9. The van der Waals surface area contributed by atoms with Crippen LogP contribution in [0.1, 0.15) is 5.56 Å². The maximum Gasteiger partial charge on any atom is 0.673 e. The van der Waals surface area contributed by atoms with Crippen LogP contribution in [0.2, 0.25) is 0 Å². The third-order valence-corrected chi connectivity index (χ3v) is 2.00. The molecule has 0 bridgehead atoms. The average molecular weight is 330 g/mol. The number of rotatable bonds is 1. The second kappa shape index (κ2) is 6.30. The van der Waals surface area contributed by atoms with Crippen molar-refractivity contribution in [2.24, 2.45) is 0 Å². The van der Waals surface area contributed by atoms with E-state index in [0.29, 0.717) is 10.0 Å². The summed E-state index contributed by atoms with van der Waals surface area (Å²) in [5.74, 6) is 0. The molecule has 0 unspecified atom stereocenters. The van der Waals surface area contributed by atoms with Crippen molar-refractivity contribution in [1.82, 2.24) is 0 Å². The van der Waals surface area contributed by atoms with Gasteiger partial charge in [0, 0.05) is 10.5 Å². The summed E-state index contributed by atoms with van der Waals surface area (Å²) in [6, 6.07) is 2.93. The number of nitrogens with zero attached hydrogens (tertiary/aromatic N) is 3. The van der Waals surface area contributed by atoms with Crippen molar-refractivity contribution in [2.75, 3.05) is 0 Å². The summed E-state index contributed by atoms with van der Waals surface area (Å²) in [5, 5.41) is 19.0. The van der Waals surface area contributed by atoms with Gasteiger partial charge < -0.3 is 17.3 Å². The van der Waals surface area contributed by atoms with Crippen LogP contribution in [0.4, 0.5) is 28.6 Å². The minimum atomic E-state index is -6.00. The van der Waals surface area contributed by atoms with Gasteiger partial charge in [-0.3, -0.25) is 10.1 Å². The number of hydrogen-bond donors (Lipinski definition) is 0. The fraction of sp³-hybridized carbons (Fsp3) is 0.143. The minimum absolute atomic E-state index is 0.00630. The standard InChI is InChI=1S/C7H5BrN3O2.BF4/c1-4-2-5(8)3-6(11(12)13)7(4)10-9;2-1(3,4)5/h2-3H,1H3;/q+1;-1. The first-order valence-electron chi connectivity index (χ1n) is 4.23. The Bertz CT molecular complexity index is 497. The van der Waals surface area contributed by atoms with Crippen LogP contribution in [0.3, 0.4) is 0 Å². The van der Waals surface area contributed by atoms with Gasteiger partial charge in [0.05, 0.1) is 10.5 Å². The first-order chi connectivity index (χ1) is 8.06. The second-order valence-electron chi connectivity index (χ2n) is 2.94. The lowest BCUT2D eigenvalue weighted by molar-refractivity contribution is -0.383. The molecule has 98 valence electrons. The maximum absolute atomic E-state index is 10.5. The van der Waals surface area contributed by atoms with E-state index >= 15 is 0 Å². The molecular formula is C7H5BBrF4N3O2. The molecule has 0 saturated heterocycles. The van der Waals surface area contributed by atoms with Crippen molar-refractivity contribution in [1.29, 1.82) is 5.39 Å². The predicted molar refractivity (Wildman–Crippen MR) is 60.5 cm³/mol. The first-order valence-corrected chi connectivity index (χ1v) is 5.02. The van der Waals surface area contributed by atoms with Crippen LogP contribution < -0.4 is 0 Å². The fourth-order valence-corrected chi connectivity index (χ4v) is 1.55. The molecule has 1 aromatic rings. The van der Waals surface area contributed by atoms with Gasteiger partial charge in [0.25, 0.3) is 0 Å². The van der Waals surface area contributed by atoms with Crippen molar-refractivity contribution < 1.29 is 22.2 Å². The highest BCUT2D eigenvalue weighted by Gasteiger charge is 2.27. The van der Waals surface area contributed by atoms with E-state index in [1.165, 1.54) is 6.07 Å². The molecule has 0 fully saturated rings. The predicted octanol–water partition coefficient (Wildman–Crippen LogP) is 4.45. The molecule has 0 N–H and O–H groups in total. The number of nitro benzene ring substituents is 1. The number of nitro groups is 1. The van der Waals surface area contributed by atoms with Crippen LogP contribution in [0.5, 0.6) is 0 Å². The number of diazo groups is 1. The summed E-state index contributed by atoms with van der Waals surface area (Å²) in [6.07, 6.45) is 0. The van der Waals surface area contributed by atoms with Gasteiger partial charge in [0.1, 0.15) is 0 Å². The Hall–Kier alpha value is -1.70. The lowest BCUT2D eigenvalue weighted by Crippen LogP contribution is -2.02. The van der Waals surface area contributed by atoms with E-state index in [1.807, 2.05) is 0 Å². The molecule has 0 spiro atoms. The zero-order valence-electron chi connectivity index (χ0n) is 8.78. The summed E-state index contributed by atoms with van der Waals surface area (Å²) in [6.45, 7) is 1.63. The summed E-state index contributed by atoms with van der Waals surface area (Å²) < 4.78 is 39.6. The molecule has 0 radical (unpaired) electrons. The highest BCUT2D eigenvalue weighted by Crippen LogP contribution is 2.33. The Kier molecular flexibility index (Phi) is 5.70. The zero-order valence-corrected chi connectivity index (χ0v) is 10.4. The lowest BCUT2D eigenvalue weighted by Gasteiger charge is -1.94. The smallest absolute Gasteiger partial charge is 0.418 e. The molecule has 0 saturated carbocycles. The van der Waals surface area contributed by atoms with Gasteiger partial charge in [0.2, 0.25) is 5.39 Å². The minimum Gasteiger partial charge on any atom is -0.418 e. The number of hydrogen-bond acceptors (Lipinski definition) is 3. The molecule has 0 aliphatic heterocycles. The maximum atomic E-state index is 10.5. The average Bonchev–Trinajstić information content (AvgIpc) is 2.13. The van der Waals surface area contributed by atoms with Gasteiger partial charge in [-0.2, -0.15) is 0 Å². The van der Waals surface area contributed by atoms with Gasteiger partial charge in [-0.1, -0.05) is 15.9 Å². The van der Waals surface area contributed by atoms with Crippen LogP contribution in [0.15, 0.2) is 16.6 Å². The molecular weight excluding hydrogens is 325 g/mol. The summed E-state index contributed by atoms with van der Waals surface area (Å²) in [7, 11) is -6.00. The van der Waals surface area contributed by atoms with Crippen LogP contribution in [0, 0.1) is 22.4 Å². The summed E-state index contributed by atoms with van der Waals surface area (Å²) in [5.41, 5.74) is 0.325. The second-order valence-corrected chi connectivity index (χ2v) is 3.86. The van der Waals surface area contributed by atoms with Crippen molar-refractivity contribution in [2.45, 2.75) is 6.92 Å². The molecule has 0 atom stereocenters. The third kappa shape index (κ3) is 6.14. The Labute approximate surface area is 107 Å². The Morgan fingerprint density at radius 2 is 1.83 bits per heavy atom. The van der Waals surface area contributed by atoms with E-state index in [1.54, 1.807) is 13.0 Å². The number of benzene rings is 1. The monoisotopic (exact) mass is 329 g/mol. The van der Waals surface area contributed by atoms with Crippen LogP contribution in [-0.2, 0) is 0 Å². The van der Waals surface area contributed by atoms with E-state index in [9.17, 15) is 27.4 Å². The molecule has 0 heterocycles. The van der Waals surface area contributed by atoms with Crippen molar-refractivity contribution >= 4 is 34.6 Å². The van der Waals surface area contributed by atoms with Crippen LogP contribution in [-0.4, -0.2) is 12.2 Å². The molecule has 0 amide bonds. The van der Waals surface area contributed by atoms with Crippen LogP contribution in [0.25, 0.3) is 4.98 Å². The van der Waals surface area contributed by atoms with E-state index < -0.39 is 12.2 Å². The van der Waals surface area contributed by atoms with Crippen molar-refractivity contribution in [3.8, 4) is 0 Å². The Balaban J connectivity index is 0.000000494. The molecule has 11 heteroatoms. The topological polar surface area (TPSA) is 71.3 Å².